The molecule has 0 radical (unpaired) electrons. The van der Waals surface area contributed by atoms with Crippen LogP contribution in [0.1, 0.15) is 33.1 Å². The Morgan fingerprint density at radius 2 is 2.07 bits per heavy atom. The molecule has 0 unspecified atom stereocenters. The maximum absolute atomic E-state index is 11.2. The Kier molecular flexibility index (Phi) is 4.33. The van der Waals surface area contributed by atoms with Crippen molar-refractivity contribution >= 4 is 5.97 Å². The van der Waals surface area contributed by atoms with Crippen molar-refractivity contribution in [1.29, 1.82) is 0 Å². The van der Waals surface area contributed by atoms with Crippen molar-refractivity contribution in [1.82, 2.24) is 4.90 Å². The minimum absolute atomic E-state index is 0.452. The molecule has 1 N–H and O–H groups in total. The topological polar surface area (TPSA) is 40.5 Å². The van der Waals surface area contributed by atoms with Crippen molar-refractivity contribution in [3.8, 4) is 0 Å². The molecule has 0 aromatic carbocycles. The lowest BCUT2D eigenvalue weighted by atomic mass is 9.76. The first-order chi connectivity index (χ1) is 7.14. The maximum atomic E-state index is 11.2. The molecule has 0 saturated carbocycles. The molecule has 1 fully saturated rings. The lowest BCUT2D eigenvalue weighted by molar-refractivity contribution is -0.152. The van der Waals surface area contributed by atoms with E-state index in [1.807, 2.05) is 19.9 Å². The molecular formula is C12H21NO2. The third-order valence-corrected chi connectivity index (χ3v) is 3.54. The molecule has 1 aliphatic heterocycles. The number of rotatable bonds is 4. The van der Waals surface area contributed by atoms with E-state index >= 15 is 0 Å². The Balaban J connectivity index is 2.49. The molecule has 86 valence electrons. The van der Waals surface area contributed by atoms with Crippen LogP contribution in [0.4, 0.5) is 0 Å². The first-order valence-electron chi connectivity index (χ1n) is 5.71. The highest BCUT2D eigenvalue weighted by molar-refractivity contribution is 5.74. The van der Waals surface area contributed by atoms with Crippen LogP contribution in [0.2, 0.25) is 0 Å². The minimum Gasteiger partial charge on any atom is -0.481 e. The predicted octanol–water partition coefficient (Wildman–Crippen LogP) is 2.14. The Bertz CT molecular complexity index is 240. The standard InChI is InChI=1S/C12H21NO2/c1-3-5-8-13-9-6-12(4-2,7-10-13)11(14)15/h3,5H,4,6-10H2,1-2H3,(H,14,15). The van der Waals surface area contributed by atoms with E-state index in [9.17, 15) is 9.90 Å². The van der Waals surface area contributed by atoms with Crippen LogP contribution in [-0.2, 0) is 4.79 Å². The summed E-state index contributed by atoms with van der Waals surface area (Å²) in [6, 6.07) is 0. The van der Waals surface area contributed by atoms with Gasteiger partial charge in [-0.1, -0.05) is 19.1 Å². The fourth-order valence-corrected chi connectivity index (χ4v) is 2.14. The van der Waals surface area contributed by atoms with Gasteiger partial charge in [-0.3, -0.25) is 9.69 Å². The summed E-state index contributed by atoms with van der Waals surface area (Å²) in [5.41, 5.74) is -0.452. The second-order valence-electron chi connectivity index (χ2n) is 4.31. The van der Waals surface area contributed by atoms with Crippen LogP contribution in [0.25, 0.3) is 0 Å². The molecule has 0 aromatic rings. The van der Waals surface area contributed by atoms with Crippen molar-refractivity contribution in [2.24, 2.45) is 5.41 Å². The summed E-state index contributed by atoms with van der Waals surface area (Å²) in [4.78, 5) is 13.5. The summed E-state index contributed by atoms with van der Waals surface area (Å²) >= 11 is 0. The van der Waals surface area contributed by atoms with Crippen LogP contribution >= 0.6 is 0 Å². The zero-order valence-corrected chi connectivity index (χ0v) is 9.70. The second kappa shape index (κ2) is 5.31. The van der Waals surface area contributed by atoms with Gasteiger partial charge < -0.3 is 5.11 Å². The van der Waals surface area contributed by atoms with Crippen LogP contribution < -0.4 is 0 Å². The van der Waals surface area contributed by atoms with Crippen LogP contribution in [0, 0.1) is 5.41 Å². The Morgan fingerprint density at radius 1 is 1.47 bits per heavy atom. The number of hydrogen-bond acceptors (Lipinski definition) is 2. The monoisotopic (exact) mass is 211 g/mol. The SMILES string of the molecule is CC=CCN1CCC(CC)(C(=O)O)CC1. The Morgan fingerprint density at radius 3 is 2.47 bits per heavy atom. The molecule has 0 spiro atoms. The maximum Gasteiger partial charge on any atom is 0.309 e. The number of carbonyl (C=O) groups is 1. The molecule has 1 heterocycles. The van der Waals surface area contributed by atoms with Crippen molar-refractivity contribution in [2.75, 3.05) is 19.6 Å². The smallest absolute Gasteiger partial charge is 0.309 e. The summed E-state index contributed by atoms with van der Waals surface area (Å²) in [7, 11) is 0. The average Bonchev–Trinajstić information content (AvgIpc) is 2.27. The summed E-state index contributed by atoms with van der Waals surface area (Å²) in [6.07, 6.45) is 6.49. The molecule has 1 saturated heterocycles. The quantitative estimate of drug-likeness (QED) is 0.724. The summed E-state index contributed by atoms with van der Waals surface area (Å²) in [6.45, 7) is 6.76. The van der Waals surface area contributed by atoms with Crippen molar-refractivity contribution in [2.45, 2.75) is 33.1 Å². The van der Waals surface area contributed by atoms with Crippen LogP contribution in [0.15, 0.2) is 12.2 Å². The normalized spacial score (nSPS) is 22.0. The molecule has 3 nitrogen and oxygen atoms in total. The van der Waals surface area contributed by atoms with E-state index in [2.05, 4.69) is 11.0 Å². The molecule has 0 aromatic heterocycles. The summed E-state index contributed by atoms with van der Waals surface area (Å²) in [5, 5.41) is 9.22. The van der Waals surface area contributed by atoms with Gasteiger partial charge in [0, 0.05) is 6.54 Å². The Hall–Kier alpha value is -0.830. The number of aliphatic carboxylic acids is 1. The van der Waals surface area contributed by atoms with Gasteiger partial charge in [0.25, 0.3) is 0 Å². The van der Waals surface area contributed by atoms with E-state index < -0.39 is 11.4 Å². The number of nitrogens with zero attached hydrogens (tertiary/aromatic N) is 1. The molecular weight excluding hydrogens is 190 g/mol. The average molecular weight is 211 g/mol. The molecule has 3 heteroatoms. The molecule has 0 aliphatic carbocycles. The van der Waals surface area contributed by atoms with Gasteiger partial charge in [0.1, 0.15) is 0 Å². The molecule has 1 rings (SSSR count). The highest BCUT2D eigenvalue weighted by Gasteiger charge is 2.39. The molecule has 0 amide bonds. The van der Waals surface area contributed by atoms with Crippen LogP contribution in [-0.4, -0.2) is 35.6 Å². The number of carboxylic acids is 1. The fraction of sp³-hybridized carbons (Fsp3) is 0.750. The lowest BCUT2D eigenvalue weighted by Gasteiger charge is -2.37. The number of carboxylic acid groups (broad SMARTS) is 1. The summed E-state index contributed by atoms with van der Waals surface area (Å²) < 4.78 is 0. The van der Waals surface area contributed by atoms with Crippen molar-refractivity contribution < 1.29 is 9.90 Å². The van der Waals surface area contributed by atoms with E-state index in [0.29, 0.717) is 0 Å². The first kappa shape index (κ1) is 12.2. The third kappa shape index (κ3) is 2.81. The van der Waals surface area contributed by atoms with Gasteiger partial charge in [-0.05, 0) is 39.3 Å². The Labute approximate surface area is 91.8 Å². The zero-order chi connectivity index (χ0) is 11.3. The van der Waals surface area contributed by atoms with Crippen LogP contribution in [0.3, 0.4) is 0 Å². The fourth-order valence-electron chi connectivity index (χ4n) is 2.14. The van der Waals surface area contributed by atoms with E-state index in [4.69, 9.17) is 0 Å². The summed E-state index contributed by atoms with van der Waals surface area (Å²) in [5.74, 6) is -0.615. The molecule has 0 atom stereocenters. The highest BCUT2D eigenvalue weighted by atomic mass is 16.4. The predicted molar refractivity (Wildman–Crippen MR) is 60.8 cm³/mol. The molecule has 1 aliphatic rings. The van der Waals surface area contributed by atoms with Gasteiger partial charge >= 0.3 is 5.97 Å². The van der Waals surface area contributed by atoms with Crippen molar-refractivity contribution in [3.05, 3.63) is 12.2 Å². The van der Waals surface area contributed by atoms with Crippen LogP contribution in [0.5, 0.6) is 0 Å². The van der Waals surface area contributed by atoms with E-state index in [-0.39, 0.29) is 0 Å². The van der Waals surface area contributed by atoms with Gasteiger partial charge in [0.15, 0.2) is 0 Å². The van der Waals surface area contributed by atoms with E-state index in [0.717, 1.165) is 38.9 Å². The van der Waals surface area contributed by atoms with Gasteiger partial charge in [0.2, 0.25) is 0 Å². The number of piperidine rings is 1. The number of likely N-dealkylation sites (tertiary alicyclic amines) is 1. The zero-order valence-electron chi connectivity index (χ0n) is 9.70. The van der Waals surface area contributed by atoms with Gasteiger partial charge in [-0.25, -0.2) is 0 Å². The van der Waals surface area contributed by atoms with Gasteiger partial charge in [-0.15, -0.1) is 0 Å². The van der Waals surface area contributed by atoms with E-state index in [1.165, 1.54) is 0 Å². The lowest BCUT2D eigenvalue weighted by Crippen LogP contribution is -2.44. The van der Waals surface area contributed by atoms with Crippen molar-refractivity contribution in [3.63, 3.8) is 0 Å². The highest BCUT2D eigenvalue weighted by Crippen LogP contribution is 2.34. The third-order valence-electron chi connectivity index (χ3n) is 3.54. The second-order valence-corrected chi connectivity index (χ2v) is 4.31. The minimum atomic E-state index is -0.615. The number of allylic oxidation sites excluding steroid dienone is 1. The first-order valence-corrected chi connectivity index (χ1v) is 5.71. The van der Waals surface area contributed by atoms with Gasteiger partial charge in [0.05, 0.1) is 5.41 Å². The molecule has 15 heavy (non-hydrogen) atoms. The van der Waals surface area contributed by atoms with E-state index in [1.54, 1.807) is 0 Å². The van der Waals surface area contributed by atoms with Gasteiger partial charge in [-0.2, -0.15) is 0 Å². The molecule has 0 bridgehead atoms. The number of hydrogen-bond donors (Lipinski definition) is 1. The largest absolute Gasteiger partial charge is 0.481 e.